The molecule has 4 rings (SSSR count). The fourth-order valence-corrected chi connectivity index (χ4v) is 5.21. The molecule has 7 heteroatoms. The van der Waals surface area contributed by atoms with Crippen LogP contribution in [0.15, 0.2) is 36.7 Å². The van der Waals surface area contributed by atoms with E-state index in [1.807, 2.05) is 39.3 Å². The molecule has 0 aliphatic rings. The van der Waals surface area contributed by atoms with E-state index in [-0.39, 0.29) is 0 Å². The van der Waals surface area contributed by atoms with Crippen molar-refractivity contribution in [2.24, 2.45) is 7.05 Å². The third kappa shape index (κ3) is 2.25. The second-order valence-corrected chi connectivity index (χ2v) is 7.77. The van der Waals surface area contributed by atoms with Crippen molar-refractivity contribution in [3.63, 3.8) is 0 Å². The Kier molecular flexibility index (Phi) is 3.57. The smallest absolute Gasteiger partial charge is 0.219 e. The molecule has 4 nitrogen and oxygen atoms in total. The highest BCUT2D eigenvalue weighted by Gasteiger charge is 2.20. The summed E-state index contributed by atoms with van der Waals surface area (Å²) < 4.78 is 4.50. The minimum atomic E-state index is 0.920. The van der Waals surface area contributed by atoms with E-state index in [4.69, 9.17) is 4.98 Å². The zero-order chi connectivity index (χ0) is 16.1. The van der Waals surface area contributed by atoms with Crippen LogP contribution in [0.2, 0.25) is 0 Å². The van der Waals surface area contributed by atoms with Crippen molar-refractivity contribution in [2.75, 3.05) is 11.9 Å². The molecule has 114 valence electrons. The standard InChI is InChI=1S/C16H14BIN4S/c1-21-8-19-12-13(21)15-11(20-16(12)22(2)17)10(18)14(23-15)9-6-4-3-5-7-9/h3-8H,17H2,1-2H3. The van der Waals surface area contributed by atoms with Crippen molar-refractivity contribution in [3.05, 3.63) is 40.2 Å². The molecule has 0 fully saturated rings. The molecule has 0 saturated carbocycles. The van der Waals surface area contributed by atoms with Gasteiger partial charge in [-0.25, -0.2) is 9.97 Å². The maximum atomic E-state index is 4.91. The average molecular weight is 432 g/mol. The van der Waals surface area contributed by atoms with E-state index in [0.717, 1.165) is 22.4 Å². The Labute approximate surface area is 152 Å². The van der Waals surface area contributed by atoms with Gasteiger partial charge in [0.15, 0.2) is 0 Å². The van der Waals surface area contributed by atoms with Crippen LogP contribution in [-0.4, -0.2) is 29.6 Å². The highest BCUT2D eigenvalue weighted by molar-refractivity contribution is 14.1. The lowest BCUT2D eigenvalue weighted by molar-refractivity contribution is 0.951. The summed E-state index contributed by atoms with van der Waals surface area (Å²) in [7, 11) is 6.07. The van der Waals surface area contributed by atoms with Crippen LogP contribution in [0, 0.1) is 3.57 Å². The van der Waals surface area contributed by atoms with E-state index in [9.17, 15) is 0 Å². The molecule has 0 bridgehead atoms. The van der Waals surface area contributed by atoms with Gasteiger partial charge < -0.3 is 9.38 Å². The SMILES string of the molecule is BN(C)c1nc2c(I)c(-c3ccccc3)sc2c2c1ncn2C. The summed E-state index contributed by atoms with van der Waals surface area (Å²) in [6, 6.07) is 10.5. The van der Waals surface area contributed by atoms with E-state index >= 15 is 0 Å². The summed E-state index contributed by atoms with van der Waals surface area (Å²) >= 11 is 4.22. The predicted octanol–water partition coefficient (Wildman–Crippen LogP) is 3.44. The van der Waals surface area contributed by atoms with Crippen LogP contribution < -0.4 is 4.81 Å². The molecule has 0 spiro atoms. The molecule has 3 aromatic heterocycles. The largest absolute Gasteiger partial charge is 0.408 e. The molecule has 0 N–H and O–H groups in total. The number of hydrogen-bond donors (Lipinski definition) is 0. The molecule has 0 radical (unpaired) electrons. The molecule has 23 heavy (non-hydrogen) atoms. The van der Waals surface area contributed by atoms with Crippen molar-refractivity contribution in [1.29, 1.82) is 0 Å². The van der Waals surface area contributed by atoms with Gasteiger partial charge in [-0.3, -0.25) is 0 Å². The van der Waals surface area contributed by atoms with Gasteiger partial charge >= 0.3 is 0 Å². The highest BCUT2D eigenvalue weighted by atomic mass is 127. The number of rotatable bonds is 2. The van der Waals surface area contributed by atoms with E-state index < -0.39 is 0 Å². The number of anilines is 1. The predicted molar refractivity (Wildman–Crippen MR) is 109 cm³/mol. The number of pyridine rings is 1. The molecular formula is C16H14BIN4S. The van der Waals surface area contributed by atoms with Crippen molar-refractivity contribution in [2.45, 2.75) is 0 Å². The maximum absolute atomic E-state index is 4.91. The lowest BCUT2D eigenvalue weighted by Gasteiger charge is -2.12. The summed E-state index contributed by atoms with van der Waals surface area (Å²) in [4.78, 5) is 12.8. The summed E-state index contributed by atoms with van der Waals surface area (Å²) in [6.45, 7) is 0. The Balaban J connectivity index is 2.14. The Bertz CT molecular complexity index is 1020. The van der Waals surface area contributed by atoms with Gasteiger partial charge in [-0.05, 0) is 35.2 Å². The van der Waals surface area contributed by atoms with Gasteiger partial charge in [0.2, 0.25) is 7.98 Å². The highest BCUT2D eigenvalue weighted by Crippen LogP contribution is 2.42. The van der Waals surface area contributed by atoms with Crippen molar-refractivity contribution < 1.29 is 0 Å². The molecular weight excluding hydrogens is 418 g/mol. The Morgan fingerprint density at radius 1 is 1.22 bits per heavy atom. The first-order valence-corrected chi connectivity index (χ1v) is 9.13. The van der Waals surface area contributed by atoms with Gasteiger partial charge in [0.05, 0.1) is 30.5 Å². The van der Waals surface area contributed by atoms with Crippen LogP contribution in [-0.2, 0) is 7.05 Å². The summed E-state index contributed by atoms with van der Waals surface area (Å²) in [5.41, 5.74) is 4.42. The van der Waals surface area contributed by atoms with E-state index in [0.29, 0.717) is 0 Å². The third-order valence-electron chi connectivity index (χ3n) is 3.87. The molecule has 0 saturated heterocycles. The molecule has 0 amide bonds. The maximum Gasteiger partial charge on any atom is 0.219 e. The Hall–Kier alpha value is -1.61. The zero-order valence-corrected chi connectivity index (χ0v) is 16.0. The first-order chi connectivity index (χ1) is 11.1. The molecule has 0 atom stereocenters. The molecule has 4 aromatic rings. The third-order valence-corrected chi connectivity index (χ3v) is 6.52. The molecule has 3 heterocycles. The number of halogens is 1. The number of nitrogens with zero attached hydrogens (tertiary/aromatic N) is 4. The monoisotopic (exact) mass is 432 g/mol. The van der Waals surface area contributed by atoms with Crippen LogP contribution in [0.3, 0.4) is 0 Å². The van der Waals surface area contributed by atoms with Crippen LogP contribution in [0.1, 0.15) is 0 Å². The second-order valence-electron chi connectivity index (χ2n) is 5.67. The minimum absolute atomic E-state index is 0.920. The molecule has 1 aromatic carbocycles. The molecule has 0 aliphatic carbocycles. The number of fused-ring (bicyclic) bond motifs is 3. The van der Waals surface area contributed by atoms with Crippen molar-refractivity contribution in [1.82, 2.24) is 14.5 Å². The Morgan fingerprint density at radius 2 is 1.96 bits per heavy atom. The van der Waals surface area contributed by atoms with Crippen LogP contribution in [0.5, 0.6) is 0 Å². The second kappa shape index (κ2) is 5.49. The van der Waals surface area contributed by atoms with Gasteiger partial charge in [-0.2, -0.15) is 0 Å². The van der Waals surface area contributed by atoms with Gasteiger partial charge in [0.1, 0.15) is 11.3 Å². The minimum Gasteiger partial charge on any atom is -0.408 e. The molecule has 0 unspecified atom stereocenters. The van der Waals surface area contributed by atoms with Crippen LogP contribution >= 0.6 is 33.9 Å². The summed E-state index contributed by atoms with van der Waals surface area (Å²) in [5, 5.41) is 0. The number of hydrogen-bond acceptors (Lipinski definition) is 4. The van der Waals surface area contributed by atoms with Gasteiger partial charge in [0.25, 0.3) is 0 Å². The van der Waals surface area contributed by atoms with Crippen LogP contribution in [0.25, 0.3) is 31.7 Å². The summed E-state index contributed by atoms with van der Waals surface area (Å²) in [6.07, 6.45) is 1.87. The topological polar surface area (TPSA) is 34.0 Å². The number of thiophene rings is 1. The first kappa shape index (κ1) is 15.0. The molecule has 0 aliphatic heterocycles. The van der Waals surface area contributed by atoms with Crippen LogP contribution in [0.4, 0.5) is 5.82 Å². The van der Waals surface area contributed by atoms with Gasteiger partial charge in [-0.15, -0.1) is 11.3 Å². The van der Waals surface area contributed by atoms with E-state index in [1.54, 1.807) is 11.3 Å². The fraction of sp³-hybridized carbons (Fsp3) is 0.125. The average Bonchev–Trinajstić information content (AvgIpc) is 3.09. The quantitative estimate of drug-likeness (QED) is 0.360. The Morgan fingerprint density at radius 3 is 2.65 bits per heavy atom. The van der Waals surface area contributed by atoms with Gasteiger partial charge in [0, 0.05) is 7.05 Å². The fourth-order valence-electron chi connectivity index (χ4n) is 2.77. The zero-order valence-electron chi connectivity index (χ0n) is 13.0. The number of aryl methyl sites for hydroxylation is 1. The first-order valence-electron chi connectivity index (χ1n) is 7.23. The lowest BCUT2D eigenvalue weighted by Crippen LogP contribution is -2.13. The summed E-state index contributed by atoms with van der Waals surface area (Å²) in [5.74, 6) is 0.920. The number of benzene rings is 1. The normalized spacial score (nSPS) is 11.4. The number of aromatic nitrogens is 3. The van der Waals surface area contributed by atoms with Crippen molar-refractivity contribution in [3.8, 4) is 10.4 Å². The number of imidazole rings is 1. The van der Waals surface area contributed by atoms with Gasteiger partial charge in [-0.1, -0.05) is 30.3 Å². The lowest BCUT2D eigenvalue weighted by atomic mass is 10.2. The van der Waals surface area contributed by atoms with E-state index in [1.165, 1.54) is 18.7 Å². The van der Waals surface area contributed by atoms with E-state index in [2.05, 4.69) is 56.4 Å². The van der Waals surface area contributed by atoms with Crippen molar-refractivity contribution >= 4 is 69.0 Å².